The fraction of sp³-hybridized carbons (Fsp3) is 0.357. The number of ether oxygens (including phenoxy) is 1. The molecule has 1 aromatic carbocycles. The van der Waals surface area contributed by atoms with Crippen LogP contribution in [-0.2, 0) is 6.42 Å². The molecule has 0 saturated heterocycles. The van der Waals surface area contributed by atoms with Crippen molar-refractivity contribution in [2.75, 3.05) is 6.61 Å². The maximum absolute atomic E-state index is 10.8. The Balaban J connectivity index is 2.98. The predicted octanol–water partition coefficient (Wildman–Crippen LogP) is 4.06. The summed E-state index contributed by atoms with van der Waals surface area (Å²) in [5.41, 5.74) is 1.47. The highest BCUT2D eigenvalue weighted by Crippen LogP contribution is 2.31. The third-order valence-electron chi connectivity index (χ3n) is 2.39. The average Bonchev–Trinajstić information content (AvgIpc) is 2.32. The van der Waals surface area contributed by atoms with Crippen LogP contribution in [0.2, 0.25) is 5.02 Å². The maximum Gasteiger partial charge on any atom is 0.150 e. The van der Waals surface area contributed by atoms with Crippen LogP contribution in [0, 0.1) is 0 Å². The van der Waals surface area contributed by atoms with E-state index in [1.54, 1.807) is 18.2 Å². The zero-order chi connectivity index (χ0) is 12.7. The molecule has 0 amide bonds. The minimum atomic E-state index is 0.488. The summed E-state index contributed by atoms with van der Waals surface area (Å²) in [5.74, 6) is 0.672. The standard InChI is InChI=1S/C14H17ClO2/c1-3-5-7-17-14-12(6-4-2)8-11(10-16)9-13(14)15/h4,8-10H,2-3,5-7H2,1H3. The van der Waals surface area contributed by atoms with Crippen LogP contribution in [0.5, 0.6) is 5.75 Å². The minimum Gasteiger partial charge on any atom is -0.492 e. The van der Waals surface area contributed by atoms with Gasteiger partial charge in [-0.1, -0.05) is 31.0 Å². The molecule has 2 nitrogen and oxygen atoms in total. The molecule has 0 aromatic heterocycles. The maximum atomic E-state index is 10.8. The first-order chi connectivity index (χ1) is 8.22. The highest BCUT2D eigenvalue weighted by Gasteiger charge is 2.10. The first-order valence-electron chi connectivity index (χ1n) is 5.74. The van der Waals surface area contributed by atoms with Crippen LogP contribution in [0.3, 0.4) is 0 Å². The van der Waals surface area contributed by atoms with Gasteiger partial charge in [-0.15, -0.1) is 6.58 Å². The van der Waals surface area contributed by atoms with Crippen molar-refractivity contribution in [1.29, 1.82) is 0 Å². The summed E-state index contributed by atoms with van der Waals surface area (Å²) in [5, 5.41) is 0.488. The molecular formula is C14H17ClO2. The van der Waals surface area contributed by atoms with E-state index in [0.29, 0.717) is 29.4 Å². The van der Waals surface area contributed by atoms with Gasteiger partial charge in [-0.2, -0.15) is 0 Å². The van der Waals surface area contributed by atoms with Gasteiger partial charge in [-0.25, -0.2) is 0 Å². The molecule has 0 N–H and O–H groups in total. The van der Waals surface area contributed by atoms with Crippen LogP contribution < -0.4 is 4.74 Å². The fourth-order valence-corrected chi connectivity index (χ4v) is 1.83. The molecule has 0 bridgehead atoms. The van der Waals surface area contributed by atoms with Crippen molar-refractivity contribution in [2.24, 2.45) is 0 Å². The third kappa shape index (κ3) is 3.90. The smallest absolute Gasteiger partial charge is 0.150 e. The van der Waals surface area contributed by atoms with Gasteiger partial charge < -0.3 is 4.74 Å². The minimum absolute atomic E-state index is 0.488. The van der Waals surface area contributed by atoms with E-state index in [1.807, 2.05) is 0 Å². The van der Waals surface area contributed by atoms with Crippen LogP contribution in [0.25, 0.3) is 0 Å². The van der Waals surface area contributed by atoms with E-state index >= 15 is 0 Å². The van der Waals surface area contributed by atoms with Crippen LogP contribution in [-0.4, -0.2) is 12.9 Å². The van der Waals surface area contributed by atoms with E-state index in [-0.39, 0.29) is 0 Å². The molecule has 0 aliphatic rings. The number of hydrogen-bond acceptors (Lipinski definition) is 2. The lowest BCUT2D eigenvalue weighted by atomic mass is 10.1. The number of hydrogen-bond donors (Lipinski definition) is 0. The lowest BCUT2D eigenvalue weighted by Gasteiger charge is -2.12. The fourth-order valence-electron chi connectivity index (χ4n) is 1.53. The molecule has 0 atom stereocenters. The number of halogens is 1. The monoisotopic (exact) mass is 252 g/mol. The van der Waals surface area contributed by atoms with Crippen molar-refractivity contribution < 1.29 is 9.53 Å². The van der Waals surface area contributed by atoms with E-state index in [2.05, 4.69) is 13.5 Å². The largest absolute Gasteiger partial charge is 0.492 e. The highest BCUT2D eigenvalue weighted by molar-refractivity contribution is 6.32. The van der Waals surface area contributed by atoms with E-state index < -0.39 is 0 Å². The van der Waals surface area contributed by atoms with Crippen molar-refractivity contribution in [3.63, 3.8) is 0 Å². The van der Waals surface area contributed by atoms with Gasteiger partial charge in [0.15, 0.2) is 0 Å². The van der Waals surface area contributed by atoms with E-state index in [1.165, 1.54) is 0 Å². The SMILES string of the molecule is C=CCc1cc(C=O)cc(Cl)c1OCCCC. The quantitative estimate of drug-likeness (QED) is 0.416. The Kier molecular flexibility index (Phi) is 5.78. The molecular weight excluding hydrogens is 236 g/mol. The molecule has 0 radical (unpaired) electrons. The highest BCUT2D eigenvalue weighted by atomic mass is 35.5. The first-order valence-corrected chi connectivity index (χ1v) is 6.12. The summed E-state index contributed by atoms with van der Waals surface area (Å²) in [6.07, 6.45) is 5.25. The van der Waals surface area contributed by atoms with Gasteiger partial charge in [0.1, 0.15) is 12.0 Å². The second-order valence-electron chi connectivity index (χ2n) is 3.80. The molecule has 17 heavy (non-hydrogen) atoms. The molecule has 0 fully saturated rings. The van der Waals surface area contributed by atoms with Gasteiger partial charge in [0.2, 0.25) is 0 Å². The normalized spacial score (nSPS) is 10.0. The number of benzene rings is 1. The summed E-state index contributed by atoms with van der Waals surface area (Å²) in [6, 6.07) is 3.42. The van der Waals surface area contributed by atoms with Crippen molar-refractivity contribution in [1.82, 2.24) is 0 Å². The Morgan fingerprint density at radius 1 is 1.47 bits per heavy atom. The Morgan fingerprint density at radius 3 is 2.82 bits per heavy atom. The van der Waals surface area contributed by atoms with Gasteiger partial charge >= 0.3 is 0 Å². The number of aldehydes is 1. The molecule has 0 aliphatic carbocycles. The molecule has 0 unspecified atom stereocenters. The zero-order valence-corrected chi connectivity index (χ0v) is 10.8. The Labute approximate surface area is 107 Å². The topological polar surface area (TPSA) is 26.3 Å². The summed E-state index contributed by atoms with van der Waals surface area (Å²) < 4.78 is 5.66. The molecule has 0 heterocycles. The zero-order valence-electron chi connectivity index (χ0n) is 10.0. The predicted molar refractivity (Wildman–Crippen MR) is 71.1 cm³/mol. The molecule has 92 valence electrons. The lowest BCUT2D eigenvalue weighted by Crippen LogP contribution is -2.01. The third-order valence-corrected chi connectivity index (χ3v) is 2.67. The van der Waals surface area contributed by atoms with Crippen molar-refractivity contribution in [3.8, 4) is 5.75 Å². The van der Waals surface area contributed by atoms with Crippen LogP contribution >= 0.6 is 11.6 Å². The van der Waals surface area contributed by atoms with Gasteiger partial charge in [-0.05, 0) is 25.0 Å². The van der Waals surface area contributed by atoms with Crippen molar-refractivity contribution >= 4 is 17.9 Å². The number of allylic oxidation sites excluding steroid dienone is 1. The van der Waals surface area contributed by atoms with Gasteiger partial charge in [-0.3, -0.25) is 4.79 Å². The molecule has 1 aromatic rings. The second-order valence-corrected chi connectivity index (χ2v) is 4.21. The van der Waals surface area contributed by atoms with Crippen LogP contribution in [0.1, 0.15) is 35.7 Å². The lowest BCUT2D eigenvalue weighted by molar-refractivity contribution is 0.112. The van der Waals surface area contributed by atoms with Gasteiger partial charge in [0.05, 0.1) is 11.6 Å². The number of unbranched alkanes of at least 4 members (excludes halogenated alkanes) is 1. The van der Waals surface area contributed by atoms with Crippen LogP contribution in [0.4, 0.5) is 0 Å². The summed E-state index contributed by atoms with van der Waals surface area (Å²) in [6.45, 7) is 6.43. The number of carbonyl (C=O) groups is 1. The molecule has 0 spiro atoms. The molecule has 0 saturated carbocycles. The number of carbonyl (C=O) groups excluding carboxylic acids is 1. The van der Waals surface area contributed by atoms with E-state index in [0.717, 1.165) is 24.7 Å². The summed E-state index contributed by atoms with van der Waals surface area (Å²) in [7, 11) is 0. The van der Waals surface area contributed by atoms with E-state index in [4.69, 9.17) is 16.3 Å². The molecule has 1 rings (SSSR count). The Bertz CT molecular complexity index is 399. The summed E-state index contributed by atoms with van der Waals surface area (Å²) in [4.78, 5) is 10.8. The average molecular weight is 253 g/mol. The van der Waals surface area contributed by atoms with Gasteiger partial charge in [0, 0.05) is 11.1 Å². The van der Waals surface area contributed by atoms with Crippen molar-refractivity contribution in [2.45, 2.75) is 26.2 Å². The Morgan fingerprint density at radius 2 is 2.24 bits per heavy atom. The number of rotatable bonds is 7. The van der Waals surface area contributed by atoms with E-state index in [9.17, 15) is 4.79 Å². The summed E-state index contributed by atoms with van der Waals surface area (Å²) >= 11 is 6.11. The first kappa shape index (κ1) is 13.8. The van der Waals surface area contributed by atoms with Gasteiger partial charge in [0.25, 0.3) is 0 Å². The second kappa shape index (κ2) is 7.13. The molecule has 3 heteroatoms. The Hall–Kier alpha value is -1.28. The molecule has 0 aliphatic heterocycles. The van der Waals surface area contributed by atoms with Crippen LogP contribution in [0.15, 0.2) is 24.8 Å². The van der Waals surface area contributed by atoms with Crippen molar-refractivity contribution in [3.05, 3.63) is 40.9 Å².